The minimum Gasteiger partial charge on any atom is -0.490 e. The summed E-state index contributed by atoms with van der Waals surface area (Å²) in [5, 5.41) is 11.8. The number of hydrogen-bond donors (Lipinski definition) is 0. The lowest BCUT2D eigenvalue weighted by Crippen LogP contribution is -2.37. The summed E-state index contributed by atoms with van der Waals surface area (Å²) >= 11 is 1.70. The number of aryl methyl sites for hydroxylation is 1. The molecule has 1 aliphatic heterocycles. The molecular weight excluding hydrogens is 356 g/mol. The van der Waals surface area contributed by atoms with Crippen molar-refractivity contribution in [2.45, 2.75) is 51.8 Å². The zero-order valence-corrected chi connectivity index (χ0v) is 16.6. The highest BCUT2D eigenvalue weighted by Crippen LogP contribution is 2.34. The maximum atomic E-state index is 6.44. The van der Waals surface area contributed by atoms with Crippen LogP contribution in [0, 0.1) is 12.8 Å². The molecule has 0 amide bonds. The van der Waals surface area contributed by atoms with Crippen LogP contribution < -0.4 is 4.74 Å². The van der Waals surface area contributed by atoms with E-state index >= 15 is 0 Å². The molecule has 5 rings (SSSR count). The minimum atomic E-state index is 0.301. The number of fused-ring (bicyclic) bond motifs is 1. The first kappa shape index (κ1) is 17.2. The predicted octanol–water partition coefficient (Wildman–Crippen LogP) is 4.25. The van der Waals surface area contributed by atoms with E-state index in [1.807, 2.05) is 6.92 Å². The number of benzene rings is 1. The van der Waals surface area contributed by atoms with Crippen LogP contribution in [0.3, 0.4) is 0 Å². The number of nitrogens with zero attached hydrogens (tertiary/aromatic N) is 4. The molecule has 142 valence electrons. The summed E-state index contributed by atoms with van der Waals surface area (Å²) in [4.78, 5) is 2.46. The fraction of sp³-hybridized carbons (Fsp3) is 0.524. The van der Waals surface area contributed by atoms with Crippen LogP contribution in [0.25, 0.3) is 10.9 Å². The summed E-state index contributed by atoms with van der Waals surface area (Å²) in [6, 6.07) is 8.70. The third-order valence-electron chi connectivity index (χ3n) is 5.68. The fourth-order valence-corrected chi connectivity index (χ4v) is 4.74. The van der Waals surface area contributed by atoms with Crippen molar-refractivity contribution < 1.29 is 4.74 Å². The lowest BCUT2D eigenvalue weighted by molar-refractivity contribution is 0.0978. The molecule has 6 heteroatoms. The van der Waals surface area contributed by atoms with E-state index in [0.717, 1.165) is 60.7 Å². The Labute approximate surface area is 164 Å². The van der Waals surface area contributed by atoms with E-state index in [1.165, 1.54) is 23.7 Å². The van der Waals surface area contributed by atoms with Gasteiger partial charge >= 0.3 is 0 Å². The Balaban J connectivity index is 1.22. The van der Waals surface area contributed by atoms with Gasteiger partial charge in [-0.05, 0) is 56.7 Å². The van der Waals surface area contributed by atoms with Gasteiger partial charge in [-0.3, -0.25) is 4.90 Å². The van der Waals surface area contributed by atoms with Crippen LogP contribution in [-0.4, -0.2) is 38.9 Å². The van der Waals surface area contributed by atoms with Gasteiger partial charge in [-0.15, -0.1) is 21.5 Å². The maximum absolute atomic E-state index is 6.44. The van der Waals surface area contributed by atoms with E-state index in [2.05, 4.69) is 50.1 Å². The van der Waals surface area contributed by atoms with Gasteiger partial charge in [-0.25, -0.2) is 0 Å². The van der Waals surface area contributed by atoms with Gasteiger partial charge in [-0.1, -0.05) is 6.07 Å². The molecule has 0 spiro atoms. The van der Waals surface area contributed by atoms with Gasteiger partial charge in [0.15, 0.2) is 0 Å². The van der Waals surface area contributed by atoms with Crippen LogP contribution in [0.5, 0.6) is 5.75 Å². The normalized spacial score (nSPS) is 19.0. The molecule has 1 saturated carbocycles. The van der Waals surface area contributed by atoms with Gasteiger partial charge in [-0.2, -0.15) is 0 Å². The summed E-state index contributed by atoms with van der Waals surface area (Å²) in [5.41, 5.74) is 1.31. The molecule has 0 bridgehead atoms. The highest BCUT2D eigenvalue weighted by atomic mass is 32.1. The second-order valence-electron chi connectivity index (χ2n) is 7.91. The Kier molecular flexibility index (Phi) is 4.61. The van der Waals surface area contributed by atoms with Gasteiger partial charge in [0.2, 0.25) is 0 Å². The molecular formula is C21H26N4OS. The molecule has 0 atom stereocenters. The summed E-state index contributed by atoms with van der Waals surface area (Å²) in [7, 11) is 0. The van der Waals surface area contributed by atoms with Gasteiger partial charge in [0.1, 0.15) is 21.9 Å². The van der Waals surface area contributed by atoms with Crippen molar-refractivity contribution in [3.63, 3.8) is 0 Å². The lowest BCUT2D eigenvalue weighted by atomic mass is 10.1. The number of piperidine rings is 1. The molecule has 27 heavy (non-hydrogen) atoms. The van der Waals surface area contributed by atoms with E-state index in [1.54, 1.807) is 11.3 Å². The Morgan fingerprint density at radius 1 is 1.11 bits per heavy atom. The summed E-state index contributed by atoms with van der Waals surface area (Å²) in [5.74, 6) is 1.92. The number of aromatic nitrogens is 3. The predicted molar refractivity (Wildman–Crippen MR) is 108 cm³/mol. The van der Waals surface area contributed by atoms with E-state index in [9.17, 15) is 0 Å². The zero-order valence-electron chi connectivity index (χ0n) is 15.8. The molecule has 2 fully saturated rings. The first-order chi connectivity index (χ1) is 13.2. The number of ether oxygens (including phenoxy) is 1. The maximum Gasteiger partial charge on any atom is 0.131 e. The second-order valence-corrected chi connectivity index (χ2v) is 9.17. The number of rotatable bonds is 6. The van der Waals surface area contributed by atoms with Crippen LogP contribution in [0.4, 0.5) is 0 Å². The Hall–Kier alpha value is -1.92. The molecule has 1 aliphatic carbocycles. The Morgan fingerprint density at radius 2 is 1.96 bits per heavy atom. The van der Waals surface area contributed by atoms with Crippen molar-refractivity contribution in [1.82, 2.24) is 19.7 Å². The van der Waals surface area contributed by atoms with Gasteiger partial charge in [0, 0.05) is 31.2 Å². The highest BCUT2D eigenvalue weighted by molar-refractivity contribution is 7.11. The average molecular weight is 383 g/mol. The van der Waals surface area contributed by atoms with Crippen molar-refractivity contribution in [3.8, 4) is 5.75 Å². The minimum absolute atomic E-state index is 0.301. The summed E-state index contributed by atoms with van der Waals surface area (Å²) in [6.45, 7) is 6.19. The first-order valence-corrected chi connectivity index (χ1v) is 10.8. The van der Waals surface area contributed by atoms with Crippen molar-refractivity contribution in [3.05, 3.63) is 40.5 Å². The van der Waals surface area contributed by atoms with E-state index in [4.69, 9.17) is 4.74 Å². The van der Waals surface area contributed by atoms with Crippen LogP contribution >= 0.6 is 11.3 Å². The zero-order chi connectivity index (χ0) is 18.2. The monoisotopic (exact) mass is 382 g/mol. The van der Waals surface area contributed by atoms with Gasteiger partial charge in [0.25, 0.3) is 0 Å². The van der Waals surface area contributed by atoms with Crippen LogP contribution in [-0.2, 0) is 13.1 Å². The molecule has 3 aromatic rings. The average Bonchev–Trinajstić information content (AvgIpc) is 3.26. The molecule has 0 unspecified atom stereocenters. The fourth-order valence-electron chi connectivity index (χ4n) is 3.99. The Bertz CT molecular complexity index is 921. The van der Waals surface area contributed by atoms with Gasteiger partial charge in [0.05, 0.1) is 12.1 Å². The lowest BCUT2D eigenvalue weighted by Gasteiger charge is -2.31. The van der Waals surface area contributed by atoms with Gasteiger partial charge < -0.3 is 9.30 Å². The summed E-state index contributed by atoms with van der Waals surface area (Å²) < 4.78 is 8.84. The molecule has 5 nitrogen and oxygen atoms in total. The number of likely N-dealkylation sites (tertiary alicyclic amines) is 1. The molecule has 0 radical (unpaired) electrons. The molecule has 3 heterocycles. The van der Waals surface area contributed by atoms with Crippen molar-refractivity contribution >= 4 is 22.2 Å². The molecule has 2 aliphatic rings. The SMILES string of the molecule is Cc1nnc(CN2CCC(Oc3cccc4c3ccn4CC3CC3)CC2)s1. The number of hydrogen-bond acceptors (Lipinski definition) is 5. The van der Waals surface area contributed by atoms with Crippen molar-refractivity contribution in [1.29, 1.82) is 0 Å². The van der Waals surface area contributed by atoms with Crippen LogP contribution in [0.1, 0.15) is 35.7 Å². The van der Waals surface area contributed by atoms with E-state index in [0.29, 0.717) is 6.10 Å². The first-order valence-electron chi connectivity index (χ1n) is 10.0. The topological polar surface area (TPSA) is 43.2 Å². The highest BCUT2D eigenvalue weighted by Gasteiger charge is 2.24. The quantitative estimate of drug-likeness (QED) is 0.639. The molecule has 1 aromatic carbocycles. The van der Waals surface area contributed by atoms with Crippen molar-refractivity contribution in [2.75, 3.05) is 13.1 Å². The third kappa shape index (κ3) is 3.87. The molecule has 0 N–H and O–H groups in total. The van der Waals surface area contributed by atoms with Crippen LogP contribution in [0.2, 0.25) is 0 Å². The molecule has 2 aromatic heterocycles. The Morgan fingerprint density at radius 3 is 2.70 bits per heavy atom. The largest absolute Gasteiger partial charge is 0.490 e. The van der Waals surface area contributed by atoms with Crippen LogP contribution in [0.15, 0.2) is 30.5 Å². The van der Waals surface area contributed by atoms with E-state index in [-0.39, 0.29) is 0 Å². The van der Waals surface area contributed by atoms with E-state index < -0.39 is 0 Å². The second kappa shape index (κ2) is 7.24. The smallest absolute Gasteiger partial charge is 0.131 e. The summed E-state index contributed by atoms with van der Waals surface area (Å²) in [6.07, 6.45) is 7.42. The molecule has 1 saturated heterocycles. The third-order valence-corrected chi connectivity index (χ3v) is 6.50. The van der Waals surface area contributed by atoms with Crippen molar-refractivity contribution in [2.24, 2.45) is 5.92 Å². The standard InChI is InChI=1S/C21H26N4OS/c1-15-22-23-21(27-15)14-24-10-7-17(8-11-24)26-20-4-2-3-19-18(20)9-12-25(19)13-16-5-6-16/h2-4,9,12,16-17H,5-8,10-11,13-14H2,1H3.